The minimum Gasteiger partial charge on any atom is -0.322 e. The zero-order valence-corrected chi connectivity index (χ0v) is 6.05. The highest BCUT2D eigenvalue weighted by atomic mass is 35.5. The van der Waals surface area contributed by atoms with Gasteiger partial charge in [0.2, 0.25) is 0 Å². The summed E-state index contributed by atoms with van der Waals surface area (Å²) >= 11 is 5.75. The number of nitrogens with zero attached hydrogens (tertiary/aromatic N) is 1. The number of rotatable bonds is 0. The maximum atomic E-state index is 5.75. The van der Waals surface area contributed by atoms with Crippen LogP contribution in [0.1, 0.15) is 0 Å². The van der Waals surface area contributed by atoms with Gasteiger partial charge in [-0.1, -0.05) is 11.6 Å². The number of pyridine rings is 1. The summed E-state index contributed by atoms with van der Waals surface area (Å²) in [5.41, 5.74) is 1.17. The maximum absolute atomic E-state index is 5.75. The molecule has 2 aromatic heterocycles. The molecule has 2 aromatic rings. The van der Waals surface area contributed by atoms with Crippen molar-refractivity contribution in [3.63, 3.8) is 0 Å². The molecule has 0 atom stereocenters. The van der Waals surface area contributed by atoms with E-state index in [9.17, 15) is 0 Å². The van der Waals surface area contributed by atoms with Gasteiger partial charge in [0.1, 0.15) is 0 Å². The van der Waals surface area contributed by atoms with Crippen LogP contribution in [0.25, 0.3) is 5.52 Å². The molecule has 0 aliphatic carbocycles. The van der Waals surface area contributed by atoms with Crippen molar-refractivity contribution in [1.29, 1.82) is 0 Å². The van der Waals surface area contributed by atoms with E-state index in [0.29, 0.717) is 0 Å². The molecule has 0 bridgehead atoms. The molecule has 1 nitrogen and oxygen atoms in total. The van der Waals surface area contributed by atoms with Crippen LogP contribution < -0.4 is 0 Å². The second-order valence-corrected chi connectivity index (χ2v) is 2.62. The third-order valence-electron chi connectivity index (χ3n) is 1.49. The van der Waals surface area contributed by atoms with E-state index in [0.717, 1.165) is 5.02 Å². The van der Waals surface area contributed by atoms with E-state index in [4.69, 9.17) is 11.6 Å². The van der Waals surface area contributed by atoms with Gasteiger partial charge >= 0.3 is 0 Å². The SMILES string of the molecule is Clc1ccc2cccn2c1. The van der Waals surface area contributed by atoms with Crippen molar-refractivity contribution >= 4 is 17.1 Å². The van der Waals surface area contributed by atoms with Crippen molar-refractivity contribution < 1.29 is 0 Å². The smallest absolute Gasteiger partial charge is 0.0572 e. The molecule has 0 saturated carbocycles. The Labute approximate surface area is 63.9 Å². The van der Waals surface area contributed by atoms with Crippen LogP contribution >= 0.6 is 11.6 Å². The standard InChI is InChI=1S/C8H6ClN/c9-7-3-4-8-2-1-5-10(8)6-7/h1-6H. The third kappa shape index (κ3) is 0.792. The van der Waals surface area contributed by atoms with E-state index in [2.05, 4.69) is 0 Å². The Morgan fingerprint density at radius 3 is 3.00 bits per heavy atom. The molecule has 0 aliphatic rings. The average Bonchev–Trinajstić information content (AvgIpc) is 2.33. The Balaban J connectivity index is 2.86. The fraction of sp³-hybridized carbons (Fsp3) is 0. The number of hydrogen-bond acceptors (Lipinski definition) is 0. The summed E-state index contributed by atoms with van der Waals surface area (Å²) in [6, 6.07) is 7.90. The zero-order chi connectivity index (χ0) is 6.97. The van der Waals surface area contributed by atoms with E-state index in [1.165, 1.54) is 5.52 Å². The van der Waals surface area contributed by atoms with Gasteiger partial charge in [0, 0.05) is 17.9 Å². The molecule has 0 fully saturated rings. The fourth-order valence-electron chi connectivity index (χ4n) is 1.01. The fourth-order valence-corrected chi connectivity index (χ4v) is 1.17. The Morgan fingerprint density at radius 2 is 2.10 bits per heavy atom. The molecule has 2 rings (SSSR count). The van der Waals surface area contributed by atoms with Gasteiger partial charge < -0.3 is 4.40 Å². The van der Waals surface area contributed by atoms with Gasteiger partial charge in [-0.3, -0.25) is 0 Å². The molecule has 0 saturated heterocycles. The van der Waals surface area contributed by atoms with Crippen LogP contribution in [0.3, 0.4) is 0 Å². The van der Waals surface area contributed by atoms with Crippen LogP contribution in [0.15, 0.2) is 36.7 Å². The minimum atomic E-state index is 0.767. The lowest BCUT2D eigenvalue weighted by atomic mass is 10.4. The molecule has 0 N–H and O–H groups in total. The van der Waals surface area contributed by atoms with Crippen molar-refractivity contribution in [2.45, 2.75) is 0 Å². The lowest BCUT2D eigenvalue weighted by molar-refractivity contribution is 1.20. The lowest BCUT2D eigenvalue weighted by Gasteiger charge is -1.92. The van der Waals surface area contributed by atoms with Crippen molar-refractivity contribution in [2.24, 2.45) is 0 Å². The molecule has 0 spiro atoms. The molecule has 50 valence electrons. The summed E-state index contributed by atoms with van der Waals surface area (Å²) in [6.45, 7) is 0. The van der Waals surface area contributed by atoms with E-state index >= 15 is 0 Å². The number of aromatic nitrogens is 1. The predicted octanol–water partition coefficient (Wildman–Crippen LogP) is 2.59. The first-order valence-corrected chi connectivity index (χ1v) is 3.46. The van der Waals surface area contributed by atoms with Crippen LogP contribution in [-0.2, 0) is 0 Å². The van der Waals surface area contributed by atoms with Gasteiger partial charge in [-0.05, 0) is 24.3 Å². The van der Waals surface area contributed by atoms with Gasteiger partial charge in [-0.25, -0.2) is 0 Å². The lowest BCUT2D eigenvalue weighted by Crippen LogP contribution is -1.78. The molecular formula is C8H6ClN. The first-order chi connectivity index (χ1) is 4.86. The number of hydrogen-bond donors (Lipinski definition) is 0. The molecular weight excluding hydrogens is 146 g/mol. The Hall–Kier alpha value is -0.950. The van der Waals surface area contributed by atoms with Crippen LogP contribution in [0.4, 0.5) is 0 Å². The number of fused-ring (bicyclic) bond motifs is 1. The van der Waals surface area contributed by atoms with Crippen LogP contribution in [-0.4, -0.2) is 4.40 Å². The highest BCUT2D eigenvalue weighted by Crippen LogP contribution is 2.10. The Morgan fingerprint density at radius 1 is 1.20 bits per heavy atom. The van der Waals surface area contributed by atoms with Gasteiger partial charge in [-0.15, -0.1) is 0 Å². The zero-order valence-electron chi connectivity index (χ0n) is 5.29. The molecule has 0 aromatic carbocycles. The number of halogens is 1. The largest absolute Gasteiger partial charge is 0.322 e. The second-order valence-electron chi connectivity index (χ2n) is 2.19. The molecule has 0 amide bonds. The summed E-state index contributed by atoms with van der Waals surface area (Å²) in [4.78, 5) is 0. The van der Waals surface area contributed by atoms with Crippen molar-refractivity contribution in [3.05, 3.63) is 41.7 Å². The molecule has 0 aliphatic heterocycles. The maximum Gasteiger partial charge on any atom is 0.0572 e. The summed E-state index contributed by atoms with van der Waals surface area (Å²) in [5.74, 6) is 0. The van der Waals surface area contributed by atoms with Crippen molar-refractivity contribution in [2.75, 3.05) is 0 Å². The van der Waals surface area contributed by atoms with E-state index in [1.807, 2.05) is 41.1 Å². The molecule has 2 heterocycles. The molecule has 0 unspecified atom stereocenters. The first kappa shape index (κ1) is 5.81. The predicted molar refractivity (Wildman–Crippen MR) is 42.4 cm³/mol. The Bertz CT molecular complexity index is 351. The van der Waals surface area contributed by atoms with Gasteiger partial charge in [0.05, 0.1) is 5.02 Å². The monoisotopic (exact) mass is 151 g/mol. The van der Waals surface area contributed by atoms with E-state index < -0.39 is 0 Å². The van der Waals surface area contributed by atoms with Gasteiger partial charge in [0.25, 0.3) is 0 Å². The third-order valence-corrected chi connectivity index (χ3v) is 1.71. The summed E-state index contributed by atoms with van der Waals surface area (Å²) in [7, 11) is 0. The quantitative estimate of drug-likeness (QED) is 0.545. The average molecular weight is 152 g/mol. The van der Waals surface area contributed by atoms with Crippen molar-refractivity contribution in [1.82, 2.24) is 4.40 Å². The van der Waals surface area contributed by atoms with Crippen molar-refractivity contribution in [3.8, 4) is 0 Å². The van der Waals surface area contributed by atoms with E-state index in [1.54, 1.807) is 0 Å². The minimum absolute atomic E-state index is 0.767. The summed E-state index contributed by atoms with van der Waals surface area (Å²) in [6.07, 6.45) is 3.86. The highest BCUT2D eigenvalue weighted by molar-refractivity contribution is 6.30. The normalized spacial score (nSPS) is 10.5. The summed E-state index contributed by atoms with van der Waals surface area (Å²) in [5, 5.41) is 0.767. The topological polar surface area (TPSA) is 4.41 Å². The van der Waals surface area contributed by atoms with Crippen LogP contribution in [0, 0.1) is 0 Å². The second kappa shape index (κ2) is 2.03. The highest BCUT2D eigenvalue weighted by Gasteiger charge is 1.90. The van der Waals surface area contributed by atoms with Crippen LogP contribution in [0.2, 0.25) is 5.02 Å². The van der Waals surface area contributed by atoms with Crippen LogP contribution in [0.5, 0.6) is 0 Å². The molecule has 2 heteroatoms. The molecule has 0 radical (unpaired) electrons. The Kier molecular flexibility index (Phi) is 1.18. The first-order valence-electron chi connectivity index (χ1n) is 3.08. The molecule has 10 heavy (non-hydrogen) atoms. The van der Waals surface area contributed by atoms with E-state index in [-0.39, 0.29) is 0 Å². The van der Waals surface area contributed by atoms with Gasteiger partial charge in [0.15, 0.2) is 0 Å². The summed E-state index contributed by atoms with van der Waals surface area (Å²) < 4.78 is 1.99. The van der Waals surface area contributed by atoms with Gasteiger partial charge in [-0.2, -0.15) is 0 Å².